The van der Waals surface area contributed by atoms with E-state index in [2.05, 4.69) is 10.0 Å². The molecule has 0 heterocycles. The predicted octanol–water partition coefficient (Wildman–Crippen LogP) is 4.20. The van der Waals surface area contributed by atoms with E-state index < -0.39 is 19.0 Å². The molecule has 22 heavy (non-hydrogen) atoms. The summed E-state index contributed by atoms with van der Waals surface area (Å²) in [5.41, 5.74) is 8.62. The van der Waals surface area contributed by atoms with E-state index in [1.54, 1.807) is 6.92 Å². The molecule has 9 heteroatoms. The van der Waals surface area contributed by atoms with E-state index in [4.69, 9.17) is 26.6 Å². The fourth-order valence-electron chi connectivity index (χ4n) is 1.42. The standard InChI is InChI=1S/C13H12ClF2N3O3/c1-2-21-13(20)10(18-19-17)6-8-3-4-11(9(14)5-8)22-7-12(15)16/h3-6,12H,2,7H2,1H3/b10-6-. The molecule has 1 aromatic carbocycles. The molecule has 0 amide bonds. The Bertz CT molecular complexity index is 617. The van der Waals surface area contributed by atoms with Gasteiger partial charge in [0.25, 0.3) is 6.43 Å². The van der Waals surface area contributed by atoms with Gasteiger partial charge in [-0.05, 0) is 36.2 Å². The van der Waals surface area contributed by atoms with E-state index in [0.717, 1.165) is 0 Å². The van der Waals surface area contributed by atoms with Crippen LogP contribution in [0.5, 0.6) is 5.75 Å². The molecular weight excluding hydrogens is 320 g/mol. The number of benzene rings is 1. The lowest BCUT2D eigenvalue weighted by Gasteiger charge is -2.08. The van der Waals surface area contributed by atoms with Crippen LogP contribution in [0.1, 0.15) is 12.5 Å². The van der Waals surface area contributed by atoms with Crippen molar-refractivity contribution in [2.45, 2.75) is 13.3 Å². The molecule has 0 spiro atoms. The SMILES string of the molecule is CCOC(=O)/C(=C/c1ccc(OCC(F)F)c(Cl)c1)N=[N+]=[N-]. The van der Waals surface area contributed by atoms with Crippen LogP contribution in [-0.2, 0) is 9.53 Å². The zero-order valence-corrected chi connectivity index (χ0v) is 12.3. The molecule has 0 saturated carbocycles. The maximum atomic E-state index is 12.1. The molecule has 0 aliphatic heterocycles. The fraction of sp³-hybridized carbons (Fsp3) is 0.308. The van der Waals surface area contributed by atoms with Crippen molar-refractivity contribution in [3.05, 3.63) is 44.9 Å². The van der Waals surface area contributed by atoms with E-state index in [-0.39, 0.29) is 23.1 Å². The van der Waals surface area contributed by atoms with Gasteiger partial charge >= 0.3 is 5.97 Å². The van der Waals surface area contributed by atoms with Gasteiger partial charge in [-0.15, -0.1) is 0 Å². The van der Waals surface area contributed by atoms with E-state index in [1.165, 1.54) is 24.3 Å². The van der Waals surface area contributed by atoms with Crippen LogP contribution in [0.25, 0.3) is 16.5 Å². The summed E-state index contributed by atoms with van der Waals surface area (Å²) in [6.45, 7) is 0.956. The summed E-state index contributed by atoms with van der Waals surface area (Å²) in [5, 5.41) is 3.33. The van der Waals surface area contributed by atoms with Gasteiger partial charge in [0.05, 0.1) is 11.6 Å². The van der Waals surface area contributed by atoms with Crippen molar-refractivity contribution in [2.24, 2.45) is 5.11 Å². The predicted molar refractivity (Wildman–Crippen MR) is 76.7 cm³/mol. The number of rotatable bonds is 7. The molecule has 0 unspecified atom stereocenters. The Morgan fingerprint density at radius 2 is 2.27 bits per heavy atom. The minimum atomic E-state index is -2.61. The smallest absolute Gasteiger partial charge is 0.340 e. The minimum Gasteiger partial charge on any atom is -0.486 e. The monoisotopic (exact) mass is 331 g/mol. The van der Waals surface area contributed by atoms with Gasteiger partial charge in [-0.2, -0.15) is 0 Å². The number of esters is 1. The van der Waals surface area contributed by atoms with Gasteiger partial charge in [0.15, 0.2) is 0 Å². The Morgan fingerprint density at radius 1 is 1.55 bits per heavy atom. The van der Waals surface area contributed by atoms with E-state index >= 15 is 0 Å². The third-order valence-corrected chi connectivity index (χ3v) is 2.56. The molecular formula is C13H12ClF2N3O3. The van der Waals surface area contributed by atoms with Gasteiger partial charge in [0, 0.05) is 4.91 Å². The van der Waals surface area contributed by atoms with Crippen molar-refractivity contribution in [2.75, 3.05) is 13.2 Å². The van der Waals surface area contributed by atoms with Crippen LogP contribution in [0, 0.1) is 0 Å². The molecule has 0 aromatic heterocycles. The van der Waals surface area contributed by atoms with Gasteiger partial charge < -0.3 is 9.47 Å². The first-order valence-corrected chi connectivity index (χ1v) is 6.50. The second-order valence-corrected chi connectivity index (χ2v) is 4.24. The maximum Gasteiger partial charge on any atom is 0.340 e. The second-order valence-electron chi connectivity index (χ2n) is 3.83. The number of nitrogens with zero attached hydrogens (tertiary/aromatic N) is 3. The Morgan fingerprint density at radius 3 is 2.82 bits per heavy atom. The summed E-state index contributed by atoms with van der Waals surface area (Å²) < 4.78 is 33.7. The first-order valence-electron chi connectivity index (χ1n) is 6.12. The zero-order chi connectivity index (χ0) is 16.5. The van der Waals surface area contributed by atoms with Crippen LogP contribution in [0.3, 0.4) is 0 Å². The van der Waals surface area contributed by atoms with Gasteiger partial charge in [-0.25, -0.2) is 13.6 Å². The van der Waals surface area contributed by atoms with E-state index in [0.29, 0.717) is 5.56 Å². The van der Waals surface area contributed by atoms with Crippen LogP contribution in [-0.4, -0.2) is 25.6 Å². The summed E-state index contributed by atoms with van der Waals surface area (Å²) in [4.78, 5) is 14.1. The fourth-order valence-corrected chi connectivity index (χ4v) is 1.66. The van der Waals surface area contributed by atoms with E-state index in [9.17, 15) is 13.6 Å². The average molecular weight is 332 g/mol. The largest absolute Gasteiger partial charge is 0.486 e. The molecule has 0 aliphatic rings. The second kappa shape index (κ2) is 8.86. The summed E-state index contributed by atoms with van der Waals surface area (Å²) in [5.74, 6) is -0.699. The quantitative estimate of drug-likeness (QED) is 0.247. The summed E-state index contributed by atoms with van der Waals surface area (Å²) in [7, 11) is 0. The van der Waals surface area contributed by atoms with Crippen molar-refractivity contribution in [1.82, 2.24) is 0 Å². The lowest BCUT2D eigenvalue weighted by Crippen LogP contribution is -2.07. The van der Waals surface area contributed by atoms with Crippen molar-refractivity contribution in [3.63, 3.8) is 0 Å². The lowest BCUT2D eigenvalue weighted by atomic mass is 10.2. The van der Waals surface area contributed by atoms with Crippen LogP contribution < -0.4 is 4.74 Å². The topological polar surface area (TPSA) is 84.3 Å². The van der Waals surface area contributed by atoms with Gasteiger partial charge in [-0.3, -0.25) is 0 Å². The molecule has 0 aliphatic carbocycles. The van der Waals surface area contributed by atoms with Crippen molar-refractivity contribution >= 4 is 23.6 Å². The van der Waals surface area contributed by atoms with Gasteiger partial charge in [0.2, 0.25) is 0 Å². The normalized spacial score (nSPS) is 11.0. The number of carbonyl (C=O) groups is 1. The molecule has 0 saturated heterocycles. The summed E-state index contributed by atoms with van der Waals surface area (Å²) in [6, 6.07) is 4.22. The van der Waals surface area contributed by atoms with Crippen molar-refractivity contribution in [1.29, 1.82) is 0 Å². The number of azide groups is 1. The Kier molecular flexibility index (Phi) is 7.15. The molecule has 0 N–H and O–H groups in total. The minimum absolute atomic E-state index is 0.0820. The number of carbonyl (C=O) groups excluding carboxylic acids is 1. The number of ether oxygens (including phenoxy) is 2. The number of hydrogen-bond acceptors (Lipinski definition) is 4. The maximum absolute atomic E-state index is 12.1. The summed E-state index contributed by atoms with van der Waals surface area (Å²) in [6.07, 6.45) is -1.35. The highest BCUT2D eigenvalue weighted by molar-refractivity contribution is 6.32. The molecule has 0 atom stereocenters. The molecule has 0 radical (unpaired) electrons. The molecule has 6 nitrogen and oxygen atoms in total. The number of hydrogen-bond donors (Lipinski definition) is 0. The summed E-state index contributed by atoms with van der Waals surface area (Å²) >= 11 is 5.90. The highest BCUT2D eigenvalue weighted by Crippen LogP contribution is 2.27. The first kappa shape index (κ1) is 17.7. The van der Waals surface area contributed by atoms with Crippen molar-refractivity contribution < 1.29 is 23.0 Å². The van der Waals surface area contributed by atoms with Gasteiger partial charge in [0.1, 0.15) is 18.1 Å². The van der Waals surface area contributed by atoms with Crippen LogP contribution in [0.4, 0.5) is 8.78 Å². The molecule has 118 valence electrons. The number of alkyl halides is 2. The van der Waals surface area contributed by atoms with E-state index in [1.807, 2.05) is 0 Å². The Hall–Kier alpha value is -2.31. The number of halogens is 3. The zero-order valence-electron chi connectivity index (χ0n) is 11.5. The van der Waals surface area contributed by atoms with Gasteiger partial charge in [-0.1, -0.05) is 22.8 Å². The highest BCUT2D eigenvalue weighted by atomic mass is 35.5. The molecule has 0 bridgehead atoms. The van der Waals surface area contributed by atoms with Crippen LogP contribution in [0.15, 0.2) is 29.0 Å². The molecule has 1 aromatic rings. The first-order chi connectivity index (χ1) is 10.5. The average Bonchev–Trinajstić information content (AvgIpc) is 2.46. The van der Waals surface area contributed by atoms with Crippen LogP contribution in [0.2, 0.25) is 5.02 Å². The third-order valence-electron chi connectivity index (χ3n) is 2.26. The Labute approximate surface area is 129 Å². The third kappa shape index (κ3) is 5.59. The lowest BCUT2D eigenvalue weighted by molar-refractivity contribution is -0.138. The molecule has 1 rings (SSSR count). The van der Waals surface area contributed by atoms with Crippen molar-refractivity contribution in [3.8, 4) is 5.75 Å². The Balaban J connectivity index is 3.00. The molecule has 0 fully saturated rings. The highest BCUT2D eigenvalue weighted by Gasteiger charge is 2.10. The van der Waals surface area contributed by atoms with Crippen LogP contribution >= 0.6 is 11.6 Å².